The van der Waals surface area contributed by atoms with E-state index in [2.05, 4.69) is 25.9 Å². The van der Waals surface area contributed by atoms with Gasteiger partial charge in [0.15, 0.2) is 5.78 Å². The van der Waals surface area contributed by atoms with E-state index in [0.29, 0.717) is 24.4 Å². The molecule has 0 atom stereocenters. The van der Waals surface area contributed by atoms with Crippen LogP contribution in [0.4, 0.5) is 0 Å². The first-order valence-electron chi connectivity index (χ1n) is 9.08. The predicted octanol–water partition coefficient (Wildman–Crippen LogP) is 2.09. The van der Waals surface area contributed by atoms with Crippen LogP contribution in [-0.4, -0.2) is 38.9 Å². The number of benzene rings is 2. The second-order valence-electron chi connectivity index (χ2n) is 6.40. The number of hydrogen-bond acceptors (Lipinski definition) is 6. The van der Waals surface area contributed by atoms with Crippen molar-refractivity contribution in [1.82, 2.24) is 25.9 Å². The summed E-state index contributed by atoms with van der Waals surface area (Å²) in [5.74, 6) is 0.113. The Morgan fingerprint density at radius 1 is 1.11 bits per heavy atom. The van der Waals surface area contributed by atoms with Crippen LogP contribution in [0.15, 0.2) is 42.5 Å². The first kappa shape index (κ1) is 19.4. The molecule has 1 amide bonds. The summed E-state index contributed by atoms with van der Waals surface area (Å²) in [6.45, 7) is 2.51. The van der Waals surface area contributed by atoms with Crippen molar-refractivity contribution < 1.29 is 9.59 Å². The van der Waals surface area contributed by atoms with Gasteiger partial charge in [-0.1, -0.05) is 43.3 Å². The summed E-state index contributed by atoms with van der Waals surface area (Å²) in [6, 6.07) is 13.4. The summed E-state index contributed by atoms with van der Waals surface area (Å²) in [6.07, 6.45) is 1.21. The number of amides is 1. The second kappa shape index (κ2) is 9.01. The highest BCUT2D eigenvalue weighted by Gasteiger charge is 2.17. The lowest BCUT2D eigenvalue weighted by Gasteiger charge is -2.14. The van der Waals surface area contributed by atoms with Gasteiger partial charge in [0.1, 0.15) is 0 Å². The van der Waals surface area contributed by atoms with Crippen LogP contribution >= 0.6 is 0 Å². The highest BCUT2D eigenvalue weighted by Crippen LogP contribution is 2.33. The Kier molecular flexibility index (Phi) is 6.23. The van der Waals surface area contributed by atoms with Gasteiger partial charge in [0, 0.05) is 24.1 Å². The number of primary amides is 1. The summed E-state index contributed by atoms with van der Waals surface area (Å²) < 4.78 is 0. The zero-order chi connectivity index (χ0) is 19.9. The molecule has 8 heteroatoms. The molecule has 0 bridgehead atoms. The van der Waals surface area contributed by atoms with Gasteiger partial charge >= 0.3 is 0 Å². The van der Waals surface area contributed by atoms with Crippen molar-refractivity contribution in [2.75, 3.05) is 6.54 Å². The molecule has 0 aliphatic rings. The quantitative estimate of drug-likeness (QED) is 0.489. The third-order valence-corrected chi connectivity index (χ3v) is 4.29. The topological polar surface area (TPSA) is 127 Å². The largest absolute Gasteiger partial charge is 0.369 e. The number of ketones is 1. The maximum Gasteiger partial charge on any atom is 0.231 e. The third kappa shape index (κ3) is 4.47. The molecule has 4 N–H and O–H groups in total. The number of nitrogens with zero attached hydrogens (tertiary/aromatic N) is 3. The van der Waals surface area contributed by atoms with Crippen LogP contribution in [0.1, 0.15) is 35.7 Å². The van der Waals surface area contributed by atoms with Crippen LogP contribution in [0.25, 0.3) is 22.5 Å². The molecule has 0 aliphatic carbocycles. The zero-order valence-electron chi connectivity index (χ0n) is 15.6. The molecule has 3 rings (SSSR count). The molecular weight excluding hydrogens is 356 g/mol. The van der Waals surface area contributed by atoms with E-state index in [0.717, 1.165) is 28.7 Å². The molecular formula is C20H22N6O2. The summed E-state index contributed by atoms with van der Waals surface area (Å²) in [5.41, 5.74) is 9.17. The van der Waals surface area contributed by atoms with Crippen molar-refractivity contribution in [3.05, 3.63) is 53.6 Å². The van der Waals surface area contributed by atoms with Gasteiger partial charge in [0.25, 0.3) is 0 Å². The number of rotatable bonds is 9. The smallest absolute Gasteiger partial charge is 0.231 e. The van der Waals surface area contributed by atoms with Crippen LogP contribution < -0.4 is 11.1 Å². The number of aromatic amines is 1. The molecule has 0 fully saturated rings. The monoisotopic (exact) mass is 378 g/mol. The van der Waals surface area contributed by atoms with Crippen molar-refractivity contribution in [3.8, 4) is 22.5 Å². The van der Waals surface area contributed by atoms with E-state index in [1.165, 1.54) is 0 Å². The normalized spacial score (nSPS) is 10.8. The number of Topliss-reactive ketones (excluding diaryl/α,β-unsaturated/α-hetero) is 1. The van der Waals surface area contributed by atoms with Crippen LogP contribution in [0.2, 0.25) is 0 Å². The number of carbonyl (C=O) groups excluding carboxylic acids is 2. The predicted molar refractivity (Wildman–Crippen MR) is 105 cm³/mol. The highest BCUT2D eigenvalue weighted by molar-refractivity contribution is 6.04. The Morgan fingerprint density at radius 3 is 2.57 bits per heavy atom. The second-order valence-corrected chi connectivity index (χ2v) is 6.40. The maximum absolute atomic E-state index is 12.8. The minimum atomic E-state index is -0.423. The van der Waals surface area contributed by atoms with E-state index in [1.54, 1.807) is 0 Å². The molecule has 0 spiro atoms. The van der Waals surface area contributed by atoms with Crippen LogP contribution in [-0.2, 0) is 11.3 Å². The first-order valence-corrected chi connectivity index (χ1v) is 9.08. The zero-order valence-corrected chi connectivity index (χ0v) is 15.6. The van der Waals surface area contributed by atoms with E-state index >= 15 is 0 Å². The Morgan fingerprint density at radius 2 is 1.89 bits per heavy atom. The molecule has 2 aromatic carbocycles. The number of carbonyl (C=O) groups is 2. The number of nitrogens with two attached hydrogens (primary N) is 1. The Balaban J connectivity index is 2.03. The molecule has 144 valence electrons. The van der Waals surface area contributed by atoms with Gasteiger partial charge in [-0.2, -0.15) is 5.21 Å². The van der Waals surface area contributed by atoms with E-state index in [-0.39, 0.29) is 12.3 Å². The SMILES string of the molecule is CCCC(=O)c1cc(CNCC(N)=O)ccc1-c1ccccc1-c1nn[nH]n1. The van der Waals surface area contributed by atoms with Crippen molar-refractivity contribution in [1.29, 1.82) is 0 Å². The van der Waals surface area contributed by atoms with Crippen molar-refractivity contribution in [2.45, 2.75) is 26.3 Å². The molecule has 0 saturated carbocycles. The minimum absolute atomic E-state index is 0.0668. The molecule has 8 nitrogen and oxygen atoms in total. The molecule has 28 heavy (non-hydrogen) atoms. The van der Waals surface area contributed by atoms with Crippen LogP contribution in [0.3, 0.4) is 0 Å². The van der Waals surface area contributed by atoms with Gasteiger partial charge in [-0.05, 0) is 34.4 Å². The molecule has 3 aromatic rings. The average molecular weight is 378 g/mol. The van der Waals surface area contributed by atoms with Gasteiger partial charge in [-0.25, -0.2) is 0 Å². The number of aromatic nitrogens is 4. The summed E-state index contributed by atoms with van der Waals surface area (Å²) in [5, 5.41) is 17.2. The molecule has 0 unspecified atom stereocenters. The van der Waals surface area contributed by atoms with E-state index in [4.69, 9.17) is 5.73 Å². The first-order chi connectivity index (χ1) is 13.6. The lowest BCUT2D eigenvalue weighted by atomic mass is 9.90. The average Bonchev–Trinajstić information content (AvgIpc) is 3.22. The summed E-state index contributed by atoms with van der Waals surface area (Å²) >= 11 is 0. The van der Waals surface area contributed by atoms with E-state index < -0.39 is 5.91 Å². The Bertz CT molecular complexity index is 969. The summed E-state index contributed by atoms with van der Waals surface area (Å²) in [4.78, 5) is 23.8. The minimum Gasteiger partial charge on any atom is -0.369 e. The fourth-order valence-electron chi connectivity index (χ4n) is 3.05. The molecule has 1 aromatic heterocycles. The van der Waals surface area contributed by atoms with Crippen molar-refractivity contribution >= 4 is 11.7 Å². The Hall–Kier alpha value is -3.39. The number of hydrogen-bond donors (Lipinski definition) is 3. The maximum atomic E-state index is 12.8. The Labute approximate surface area is 162 Å². The lowest BCUT2D eigenvalue weighted by molar-refractivity contribution is -0.117. The molecule has 0 aliphatic heterocycles. The molecule has 0 radical (unpaired) electrons. The van der Waals surface area contributed by atoms with Gasteiger partial charge in [0.05, 0.1) is 6.54 Å². The number of tetrazole rings is 1. The van der Waals surface area contributed by atoms with Crippen molar-refractivity contribution in [3.63, 3.8) is 0 Å². The van der Waals surface area contributed by atoms with E-state index in [1.807, 2.05) is 49.4 Å². The van der Waals surface area contributed by atoms with Gasteiger partial charge in [-0.3, -0.25) is 9.59 Å². The number of nitrogens with one attached hydrogen (secondary N) is 2. The fourth-order valence-corrected chi connectivity index (χ4v) is 3.05. The standard InChI is InChI=1S/C20H22N6O2/c1-2-5-18(27)17-10-13(11-22-12-19(21)28)8-9-15(17)14-6-3-4-7-16(14)20-23-25-26-24-20/h3-4,6-10,22H,2,5,11-12H2,1H3,(H2,21,28)(H,23,24,25,26). The summed E-state index contributed by atoms with van der Waals surface area (Å²) in [7, 11) is 0. The van der Waals surface area contributed by atoms with Crippen molar-refractivity contribution in [2.24, 2.45) is 5.73 Å². The molecule has 1 heterocycles. The van der Waals surface area contributed by atoms with Crippen LogP contribution in [0, 0.1) is 0 Å². The van der Waals surface area contributed by atoms with Crippen LogP contribution in [0.5, 0.6) is 0 Å². The van der Waals surface area contributed by atoms with Gasteiger partial charge in [0.2, 0.25) is 11.7 Å². The van der Waals surface area contributed by atoms with Gasteiger partial charge in [-0.15, -0.1) is 10.2 Å². The van der Waals surface area contributed by atoms with Gasteiger partial charge < -0.3 is 11.1 Å². The number of H-pyrrole nitrogens is 1. The highest BCUT2D eigenvalue weighted by atomic mass is 16.1. The van der Waals surface area contributed by atoms with E-state index in [9.17, 15) is 9.59 Å². The fraction of sp³-hybridized carbons (Fsp3) is 0.250. The molecule has 0 saturated heterocycles. The third-order valence-electron chi connectivity index (χ3n) is 4.29. The lowest BCUT2D eigenvalue weighted by Crippen LogP contribution is -2.28.